The van der Waals surface area contributed by atoms with Crippen molar-refractivity contribution in [2.45, 2.75) is 37.6 Å². The van der Waals surface area contributed by atoms with Crippen LogP contribution in [0.2, 0.25) is 0 Å². The molecule has 0 saturated carbocycles. The molecule has 6 heteroatoms. The molecule has 0 bridgehead atoms. The van der Waals surface area contributed by atoms with Crippen LogP contribution in [-0.4, -0.2) is 64.9 Å². The van der Waals surface area contributed by atoms with Gasteiger partial charge in [-0.1, -0.05) is 0 Å². The van der Waals surface area contributed by atoms with E-state index in [4.69, 9.17) is 23.7 Å². The molecule has 0 aromatic rings. The van der Waals surface area contributed by atoms with E-state index in [9.17, 15) is 4.79 Å². The highest BCUT2D eigenvalue weighted by Crippen LogP contribution is 2.27. The second kappa shape index (κ2) is 6.42. The van der Waals surface area contributed by atoms with Crippen LogP contribution in [-0.2, 0) is 28.5 Å². The van der Waals surface area contributed by atoms with Gasteiger partial charge in [0.05, 0.1) is 0 Å². The van der Waals surface area contributed by atoms with Gasteiger partial charge >= 0.3 is 0 Å². The third-order valence-corrected chi connectivity index (χ3v) is 2.94. The average Bonchev–Trinajstić information content (AvgIpc) is 2.35. The Morgan fingerprint density at radius 1 is 0.882 bits per heavy atom. The first kappa shape index (κ1) is 14.5. The van der Waals surface area contributed by atoms with E-state index < -0.39 is 30.7 Å². The van der Waals surface area contributed by atoms with Crippen molar-refractivity contribution in [3.63, 3.8) is 0 Å². The molecule has 1 aliphatic heterocycles. The van der Waals surface area contributed by atoms with Gasteiger partial charge in [-0.2, -0.15) is 0 Å². The SMILES string of the molecule is CO[C@H]1O[C@H](C(C)=O)[C@@H](OC)[C@H](OC)[C@H]1OC. The van der Waals surface area contributed by atoms with E-state index in [0.29, 0.717) is 0 Å². The Hall–Kier alpha value is -0.530. The van der Waals surface area contributed by atoms with Crippen molar-refractivity contribution in [1.29, 1.82) is 0 Å². The van der Waals surface area contributed by atoms with Gasteiger partial charge in [0.15, 0.2) is 12.1 Å². The molecule has 0 radical (unpaired) electrons. The summed E-state index contributed by atoms with van der Waals surface area (Å²) in [4.78, 5) is 11.5. The first-order chi connectivity index (χ1) is 8.10. The predicted molar refractivity (Wildman–Crippen MR) is 58.7 cm³/mol. The quantitative estimate of drug-likeness (QED) is 0.682. The van der Waals surface area contributed by atoms with Crippen LogP contribution < -0.4 is 0 Å². The minimum atomic E-state index is -0.707. The monoisotopic (exact) mass is 248 g/mol. The number of methoxy groups -OCH3 is 4. The Morgan fingerprint density at radius 2 is 1.41 bits per heavy atom. The van der Waals surface area contributed by atoms with Crippen molar-refractivity contribution in [2.75, 3.05) is 28.4 Å². The topological polar surface area (TPSA) is 63.2 Å². The second-order valence-corrected chi connectivity index (χ2v) is 3.87. The Labute approximate surface area is 101 Å². The number of carbonyl (C=O) groups is 1. The van der Waals surface area contributed by atoms with Crippen molar-refractivity contribution < 1.29 is 28.5 Å². The van der Waals surface area contributed by atoms with Crippen LogP contribution in [0.4, 0.5) is 0 Å². The summed E-state index contributed by atoms with van der Waals surface area (Å²) in [5, 5.41) is 0. The molecule has 1 fully saturated rings. The smallest absolute Gasteiger partial charge is 0.187 e. The minimum Gasteiger partial charge on any atom is -0.376 e. The molecule has 5 atom stereocenters. The molecule has 0 amide bonds. The third-order valence-electron chi connectivity index (χ3n) is 2.94. The second-order valence-electron chi connectivity index (χ2n) is 3.87. The standard InChI is InChI=1S/C11H20O6/c1-6(12)7-8(13-2)9(14-3)10(15-4)11(16-5)17-7/h7-11H,1-5H3/t7-,8-,9+,10-,11+/m1/s1. The minimum absolute atomic E-state index is 0.129. The van der Waals surface area contributed by atoms with Crippen molar-refractivity contribution in [1.82, 2.24) is 0 Å². The number of carbonyl (C=O) groups excluding carboxylic acids is 1. The fourth-order valence-corrected chi connectivity index (χ4v) is 2.10. The van der Waals surface area contributed by atoms with Gasteiger partial charge in [-0.25, -0.2) is 0 Å². The zero-order valence-corrected chi connectivity index (χ0v) is 10.8. The first-order valence-electron chi connectivity index (χ1n) is 5.37. The van der Waals surface area contributed by atoms with Gasteiger partial charge in [0.1, 0.15) is 24.4 Å². The van der Waals surface area contributed by atoms with Gasteiger partial charge in [-0.3, -0.25) is 4.79 Å². The lowest BCUT2D eigenvalue weighted by molar-refractivity contribution is -0.295. The van der Waals surface area contributed by atoms with Crippen LogP contribution in [0.5, 0.6) is 0 Å². The summed E-state index contributed by atoms with van der Waals surface area (Å²) in [6.45, 7) is 1.45. The summed E-state index contributed by atoms with van der Waals surface area (Å²) < 4.78 is 26.6. The molecule has 17 heavy (non-hydrogen) atoms. The Morgan fingerprint density at radius 3 is 1.76 bits per heavy atom. The fraction of sp³-hybridized carbons (Fsp3) is 0.909. The molecule has 100 valence electrons. The van der Waals surface area contributed by atoms with Crippen molar-refractivity contribution in [3.05, 3.63) is 0 Å². The molecule has 0 aliphatic carbocycles. The zero-order chi connectivity index (χ0) is 13.0. The van der Waals surface area contributed by atoms with Gasteiger partial charge in [0.25, 0.3) is 0 Å². The Bertz CT molecular complexity index is 256. The molecule has 1 aliphatic rings. The van der Waals surface area contributed by atoms with Gasteiger partial charge in [-0.05, 0) is 6.92 Å². The first-order valence-corrected chi connectivity index (χ1v) is 5.37. The molecular weight excluding hydrogens is 228 g/mol. The summed E-state index contributed by atoms with van der Waals surface area (Å²) in [6.07, 6.45) is -2.72. The molecule has 0 spiro atoms. The fourth-order valence-electron chi connectivity index (χ4n) is 2.10. The van der Waals surface area contributed by atoms with Crippen molar-refractivity contribution in [3.8, 4) is 0 Å². The van der Waals surface area contributed by atoms with E-state index in [1.807, 2.05) is 0 Å². The van der Waals surface area contributed by atoms with Crippen LogP contribution in [0, 0.1) is 0 Å². The highest BCUT2D eigenvalue weighted by Gasteiger charge is 2.48. The van der Waals surface area contributed by atoms with Crippen LogP contribution in [0.3, 0.4) is 0 Å². The van der Waals surface area contributed by atoms with E-state index >= 15 is 0 Å². The highest BCUT2D eigenvalue weighted by molar-refractivity contribution is 5.81. The predicted octanol–water partition coefficient (Wildman–Crippen LogP) is -0.00830. The highest BCUT2D eigenvalue weighted by atomic mass is 16.7. The van der Waals surface area contributed by atoms with Crippen LogP contribution in [0.25, 0.3) is 0 Å². The molecule has 6 nitrogen and oxygen atoms in total. The number of ketones is 1. The summed E-state index contributed by atoms with van der Waals surface area (Å²) in [5.74, 6) is -0.129. The van der Waals surface area contributed by atoms with Crippen LogP contribution in [0.15, 0.2) is 0 Å². The molecule has 1 heterocycles. The number of Topliss-reactive ketones (excluding diaryl/α,β-unsaturated/α-hetero) is 1. The van der Waals surface area contributed by atoms with Crippen molar-refractivity contribution >= 4 is 5.78 Å². The average molecular weight is 248 g/mol. The molecular formula is C11H20O6. The van der Waals surface area contributed by atoms with Gasteiger partial charge in [0.2, 0.25) is 0 Å². The largest absolute Gasteiger partial charge is 0.376 e. The molecule has 0 unspecified atom stereocenters. The maximum absolute atomic E-state index is 11.5. The molecule has 1 saturated heterocycles. The molecule has 0 N–H and O–H groups in total. The Balaban J connectivity index is 2.96. The summed E-state index contributed by atoms with van der Waals surface area (Å²) in [5.41, 5.74) is 0. The maximum Gasteiger partial charge on any atom is 0.187 e. The summed E-state index contributed by atoms with van der Waals surface area (Å²) in [6, 6.07) is 0. The third kappa shape index (κ3) is 2.83. The number of hydrogen-bond acceptors (Lipinski definition) is 6. The Kier molecular flexibility index (Phi) is 5.48. The van der Waals surface area contributed by atoms with E-state index in [0.717, 1.165) is 0 Å². The number of hydrogen-bond donors (Lipinski definition) is 0. The lowest BCUT2D eigenvalue weighted by atomic mass is 9.96. The number of rotatable bonds is 5. The molecule has 0 aromatic carbocycles. The normalized spacial score (nSPS) is 38.1. The molecule has 1 rings (SSSR count). The molecule has 0 aromatic heterocycles. The van der Waals surface area contributed by atoms with Crippen LogP contribution in [0.1, 0.15) is 6.92 Å². The van der Waals surface area contributed by atoms with Gasteiger partial charge in [0, 0.05) is 28.4 Å². The summed E-state index contributed by atoms with van der Waals surface area (Å²) in [7, 11) is 6.08. The van der Waals surface area contributed by atoms with Gasteiger partial charge < -0.3 is 23.7 Å². The zero-order valence-electron chi connectivity index (χ0n) is 10.8. The lowest BCUT2D eigenvalue weighted by Gasteiger charge is -2.43. The maximum atomic E-state index is 11.5. The summed E-state index contributed by atoms with van der Waals surface area (Å²) >= 11 is 0. The van der Waals surface area contributed by atoms with Gasteiger partial charge in [-0.15, -0.1) is 0 Å². The van der Waals surface area contributed by atoms with E-state index in [1.54, 1.807) is 0 Å². The van der Waals surface area contributed by atoms with E-state index in [1.165, 1.54) is 35.4 Å². The number of ether oxygens (including phenoxy) is 5. The lowest BCUT2D eigenvalue weighted by Crippen LogP contribution is -2.61. The van der Waals surface area contributed by atoms with E-state index in [2.05, 4.69) is 0 Å². The van der Waals surface area contributed by atoms with E-state index in [-0.39, 0.29) is 5.78 Å². The van der Waals surface area contributed by atoms with Crippen LogP contribution >= 0.6 is 0 Å². The van der Waals surface area contributed by atoms with Crippen molar-refractivity contribution in [2.24, 2.45) is 0 Å².